The van der Waals surface area contributed by atoms with Crippen LogP contribution in [0.15, 0.2) is 24.3 Å². The van der Waals surface area contributed by atoms with E-state index in [9.17, 15) is 18.0 Å². The maximum Gasteiger partial charge on any atom is 0.406 e. The number of alkyl halides is 3. The van der Waals surface area contributed by atoms with Crippen LogP contribution in [0.1, 0.15) is 12.0 Å². The van der Waals surface area contributed by atoms with Gasteiger partial charge in [-0.2, -0.15) is 13.2 Å². The largest absolute Gasteiger partial charge is 0.406 e. The molecule has 7 heteroatoms. The first-order chi connectivity index (χ1) is 9.33. The van der Waals surface area contributed by atoms with Crippen molar-refractivity contribution in [3.8, 4) is 0 Å². The average molecular weight is 290 g/mol. The lowest BCUT2D eigenvalue weighted by Crippen LogP contribution is -2.40. The number of nitrogens with zero attached hydrogens (tertiary/aromatic N) is 1. The third-order valence-corrected chi connectivity index (χ3v) is 2.76. The van der Waals surface area contributed by atoms with Crippen molar-refractivity contribution in [3.63, 3.8) is 0 Å². The summed E-state index contributed by atoms with van der Waals surface area (Å²) in [6, 6.07) is 6.88. The summed E-state index contributed by atoms with van der Waals surface area (Å²) >= 11 is 0. The van der Waals surface area contributed by atoms with Crippen molar-refractivity contribution in [1.29, 1.82) is 0 Å². The summed E-state index contributed by atoms with van der Waals surface area (Å²) in [5.41, 5.74) is 6.92. The van der Waals surface area contributed by atoms with E-state index in [2.05, 4.69) is 0 Å². The molecule has 3 N–H and O–H groups in total. The number of aliphatic hydroxyl groups excluding tert-OH is 1. The topological polar surface area (TPSA) is 66.6 Å². The van der Waals surface area contributed by atoms with Gasteiger partial charge in [-0.3, -0.25) is 4.79 Å². The summed E-state index contributed by atoms with van der Waals surface area (Å²) < 4.78 is 37.0. The van der Waals surface area contributed by atoms with Crippen molar-refractivity contribution in [2.24, 2.45) is 0 Å². The molecule has 0 aliphatic rings. The lowest BCUT2D eigenvalue weighted by molar-refractivity contribution is -0.162. The van der Waals surface area contributed by atoms with E-state index in [1.165, 1.54) is 0 Å². The maximum absolute atomic E-state index is 12.3. The smallest absolute Gasteiger partial charge is 0.399 e. The monoisotopic (exact) mass is 290 g/mol. The van der Waals surface area contributed by atoms with Gasteiger partial charge in [0.15, 0.2) is 0 Å². The number of benzene rings is 1. The van der Waals surface area contributed by atoms with E-state index in [0.29, 0.717) is 10.6 Å². The fraction of sp³-hybridized carbons (Fsp3) is 0.462. The minimum absolute atomic E-state index is 0.0791. The number of nitrogens with two attached hydrogens (primary N) is 1. The number of hydrogen-bond donors (Lipinski definition) is 2. The Hall–Kier alpha value is -1.76. The molecule has 0 saturated carbocycles. The van der Waals surface area contributed by atoms with Crippen molar-refractivity contribution in [2.75, 3.05) is 25.4 Å². The molecule has 0 heterocycles. The van der Waals surface area contributed by atoms with E-state index in [0.717, 1.165) is 5.56 Å². The van der Waals surface area contributed by atoms with Crippen molar-refractivity contribution >= 4 is 11.6 Å². The van der Waals surface area contributed by atoms with Gasteiger partial charge in [-0.05, 0) is 18.1 Å². The molecule has 112 valence electrons. The fourth-order valence-electron chi connectivity index (χ4n) is 1.79. The molecule has 0 atom stereocenters. The summed E-state index contributed by atoms with van der Waals surface area (Å²) in [5.74, 6) is -0.653. The molecule has 0 aliphatic heterocycles. The van der Waals surface area contributed by atoms with E-state index >= 15 is 0 Å². The second kappa shape index (κ2) is 7.14. The molecule has 1 aromatic carbocycles. The highest BCUT2D eigenvalue weighted by Gasteiger charge is 2.32. The minimum atomic E-state index is -4.48. The van der Waals surface area contributed by atoms with E-state index < -0.39 is 25.2 Å². The molecule has 0 aliphatic carbocycles. The number of anilines is 1. The van der Waals surface area contributed by atoms with Crippen LogP contribution in [0.3, 0.4) is 0 Å². The van der Waals surface area contributed by atoms with Gasteiger partial charge in [0.25, 0.3) is 0 Å². The third kappa shape index (κ3) is 5.48. The highest BCUT2D eigenvalue weighted by atomic mass is 19.4. The third-order valence-electron chi connectivity index (χ3n) is 2.76. The van der Waals surface area contributed by atoms with Gasteiger partial charge in [0.2, 0.25) is 5.91 Å². The van der Waals surface area contributed by atoms with Crippen LogP contribution in [0, 0.1) is 0 Å². The second-order valence-corrected chi connectivity index (χ2v) is 4.35. The first kappa shape index (κ1) is 16.3. The van der Waals surface area contributed by atoms with E-state index in [-0.39, 0.29) is 19.4 Å². The lowest BCUT2D eigenvalue weighted by Gasteiger charge is -2.23. The van der Waals surface area contributed by atoms with Gasteiger partial charge < -0.3 is 15.7 Å². The van der Waals surface area contributed by atoms with E-state index in [1.807, 2.05) is 0 Å². The molecule has 4 nitrogen and oxygen atoms in total. The highest BCUT2D eigenvalue weighted by molar-refractivity contribution is 5.76. The first-order valence-electron chi connectivity index (χ1n) is 6.12. The number of aryl methyl sites for hydroxylation is 1. The zero-order valence-corrected chi connectivity index (χ0v) is 10.9. The van der Waals surface area contributed by atoms with E-state index in [1.54, 1.807) is 24.3 Å². The second-order valence-electron chi connectivity index (χ2n) is 4.35. The number of nitrogen functional groups attached to an aromatic ring is 1. The SMILES string of the molecule is Nc1ccccc1CCC(=O)N(CCO)CC(F)(F)F. The molecule has 0 aromatic heterocycles. The van der Waals surface area contributed by atoms with Crippen LogP contribution >= 0.6 is 0 Å². The first-order valence-corrected chi connectivity index (χ1v) is 6.12. The molecule has 0 fully saturated rings. The van der Waals surface area contributed by atoms with Crippen molar-refractivity contribution in [3.05, 3.63) is 29.8 Å². The Morgan fingerprint density at radius 1 is 1.30 bits per heavy atom. The summed E-state index contributed by atoms with van der Waals surface area (Å²) in [6.07, 6.45) is -4.29. The Labute approximate surface area is 115 Å². The molecule has 0 radical (unpaired) electrons. The van der Waals surface area contributed by atoms with Crippen LogP contribution < -0.4 is 5.73 Å². The van der Waals surface area contributed by atoms with Crippen LogP contribution in [0.4, 0.5) is 18.9 Å². The highest BCUT2D eigenvalue weighted by Crippen LogP contribution is 2.18. The zero-order chi connectivity index (χ0) is 15.2. The molecule has 20 heavy (non-hydrogen) atoms. The molecule has 0 saturated heterocycles. The summed E-state index contributed by atoms with van der Waals surface area (Å²) in [7, 11) is 0. The Bertz CT molecular complexity index is 449. The van der Waals surface area contributed by atoms with Gasteiger partial charge in [0.1, 0.15) is 6.54 Å². The Morgan fingerprint density at radius 3 is 2.50 bits per heavy atom. The van der Waals surface area contributed by atoms with Crippen LogP contribution in [0.2, 0.25) is 0 Å². The number of para-hydroxylation sites is 1. The molecule has 0 spiro atoms. The number of hydrogen-bond acceptors (Lipinski definition) is 3. The summed E-state index contributed by atoms with van der Waals surface area (Å²) in [6.45, 7) is -2.19. The van der Waals surface area contributed by atoms with Crippen LogP contribution in [0.25, 0.3) is 0 Å². The van der Waals surface area contributed by atoms with Gasteiger partial charge in [-0.25, -0.2) is 0 Å². The summed E-state index contributed by atoms with van der Waals surface area (Å²) in [5, 5.41) is 8.73. The van der Waals surface area contributed by atoms with Gasteiger partial charge in [-0.15, -0.1) is 0 Å². The molecule has 0 unspecified atom stereocenters. The molecule has 1 amide bonds. The number of carbonyl (C=O) groups excluding carboxylic acids is 1. The van der Waals surface area contributed by atoms with Crippen LogP contribution in [-0.2, 0) is 11.2 Å². The van der Waals surface area contributed by atoms with Gasteiger partial charge in [0, 0.05) is 18.7 Å². The number of halogens is 3. The number of amides is 1. The zero-order valence-electron chi connectivity index (χ0n) is 10.9. The lowest BCUT2D eigenvalue weighted by atomic mass is 10.1. The Balaban J connectivity index is 2.60. The average Bonchev–Trinajstić information content (AvgIpc) is 2.35. The molecular weight excluding hydrogens is 273 g/mol. The normalized spacial score (nSPS) is 11.4. The van der Waals surface area contributed by atoms with Crippen molar-refractivity contribution < 1.29 is 23.1 Å². The van der Waals surface area contributed by atoms with Crippen molar-refractivity contribution in [1.82, 2.24) is 4.90 Å². The summed E-state index contributed by atoms with van der Waals surface area (Å²) in [4.78, 5) is 12.4. The standard InChI is InChI=1S/C13H17F3N2O2/c14-13(15,16)9-18(7-8-19)12(20)6-5-10-3-1-2-4-11(10)17/h1-4,19H,5-9,17H2. The molecular formula is C13H17F3N2O2. The Morgan fingerprint density at radius 2 is 1.95 bits per heavy atom. The number of rotatable bonds is 6. The predicted octanol–water partition coefficient (Wildman–Crippen LogP) is 1.58. The Kier molecular flexibility index (Phi) is 5.82. The van der Waals surface area contributed by atoms with Gasteiger partial charge >= 0.3 is 6.18 Å². The fourth-order valence-corrected chi connectivity index (χ4v) is 1.79. The van der Waals surface area contributed by atoms with Crippen LogP contribution in [-0.4, -0.2) is 41.8 Å². The van der Waals surface area contributed by atoms with Gasteiger partial charge in [0.05, 0.1) is 6.61 Å². The molecule has 1 aromatic rings. The van der Waals surface area contributed by atoms with Crippen molar-refractivity contribution in [2.45, 2.75) is 19.0 Å². The number of aliphatic hydroxyl groups is 1. The van der Waals surface area contributed by atoms with Gasteiger partial charge in [-0.1, -0.05) is 18.2 Å². The minimum Gasteiger partial charge on any atom is -0.399 e. The van der Waals surface area contributed by atoms with Crippen LogP contribution in [0.5, 0.6) is 0 Å². The quantitative estimate of drug-likeness (QED) is 0.782. The molecule has 0 bridgehead atoms. The predicted molar refractivity (Wildman–Crippen MR) is 68.9 cm³/mol. The number of carbonyl (C=O) groups is 1. The molecule has 1 rings (SSSR count). The van der Waals surface area contributed by atoms with E-state index in [4.69, 9.17) is 10.8 Å². The maximum atomic E-state index is 12.3.